The molecule has 0 amide bonds. The van der Waals surface area contributed by atoms with Gasteiger partial charge in [0.15, 0.2) is 5.96 Å². The van der Waals surface area contributed by atoms with Crippen LogP contribution in [0.15, 0.2) is 48.0 Å². The summed E-state index contributed by atoms with van der Waals surface area (Å²) in [5, 5.41) is 4.67. The Morgan fingerprint density at radius 1 is 1.11 bits per heavy atom. The van der Waals surface area contributed by atoms with Crippen molar-refractivity contribution in [2.24, 2.45) is 4.99 Å². The molecular formula is C19H24N8. The lowest BCUT2D eigenvalue weighted by molar-refractivity contribution is 0.370. The summed E-state index contributed by atoms with van der Waals surface area (Å²) in [6, 6.07) is 5.92. The molecule has 8 nitrogen and oxygen atoms in total. The Kier molecular flexibility index (Phi) is 5.13. The zero-order chi connectivity index (χ0) is 18.5. The summed E-state index contributed by atoms with van der Waals surface area (Å²) < 4.78 is 0. The largest absolute Gasteiger partial charge is 0.356 e. The standard InChI is InChI=1S/C19H24N8/c1-20-18(24-9-5-15-14-25-17-16(15)4-2-6-21-17)26-10-12-27(13-11-26)19-22-7-3-8-23-19/h2-4,6-8,14H,5,9-13H2,1H3,(H,20,24)(H,21,25). The summed E-state index contributed by atoms with van der Waals surface area (Å²) in [5.41, 5.74) is 2.21. The number of nitrogens with one attached hydrogen (secondary N) is 2. The maximum Gasteiger partial charge on any atom is 0.225 e. The summed E-state index contributed by atoms with van der Waals surface area (Å²) in [4.78, 5) is 25.2. The van der Waals surface area contributed by atoms with Gasteiger partial charge in [0.25, 0.3) is 0 Å². The Hall–Kier alpha value is -3.16. The van der Waals surface area contributed by atoms with E-state index in [1.807, 2.05) is 31.6 Å². The van der Waals surface area contributed by atoms with Crippen LogP contribution >= 0.6 is 0 Å². The second-order valence-corrected chi connectivity index (χ2v) is 6.46. The highest BCUT2D eigenvalue weighted by Crippen LogP contribution is 2.15. The van der Waals surface area contributed by atoms with E-state index in [1.165, 1.54) is 10.9 Å². The van der Waals surface area contributed by atoms with Crippen molar-refractivity contribution in [2.45, 2.75) is 6.42 Å². The highest BCUT2D eigenvalue weighted by atomic mass is 15.4. The molecule has 1 saturated heterocycles. The van der Waals surface area contributed by atoms with Crippen molar-refractivity contribution in [2.75, 3.05) is 44.7 Å². The number of nitrogens with zero attached hydrogens (tertiary/aromatic N) is 6. The van der Waals surface area contributed by atoms with Gasteiger partial charge in [-0.2, -0.15) is 0 Å². The summed E-state index contributed by atoms with van der Waals surface area (Å²) in [7, 11) is 1.84. The van der Waals surface area contributed by atoms with Crippen molar-refractivity contribution >= 4 is 22.9 Å². The first-order chi connectivity index (χ1) is 13.3. The number of H-pyrrole nitrogens is 1. The molecule has 0 spiro atoms. The SMILES string of the molecule is CN=C(NCCc1c[nH]c2ncccc12)N1CCN(c2ncccn2)CC1. The highest BCUT2D eigenvalue weighted by Gasteiger charge is 2.20. The van der Waals surface area contributed by atoms with Gasteiger partial charge in [0.1, 0.15) is 5.65 Å². The van der Waals surface area contributed by atoms with E-state index in [0.29, 0.717) is 0 Å². The van der Waals surface area contributed by atoms with Gasteiger partial charge < -0.3 is 20.1 Å². The maximum atomic E-state index is 4.45. The minimum absolute atomic E-state index is 0.799. The van der Waals surface area contributed by atoms with Crippen molar-refractivity contribution in [1.82, 2.24) is 30.2 Å². The van der Waals surface area contributed by atoms with Gasteiger partial charge in [-0.25, -0.2) is 15.0 Å². The predicted octanol–water partition coefficient (Wildman–Crippen LogP) is 1.29. The van der Waals surface area contributed by atoms with Crippen LogP contribution in [0.3, 0.4) is 0 Å². The average Bonchev–Trinajstić information content (AvgIpc) is 3.15. The van der Waals surface area contributed by atoms with Crippen molar-refractivity contribution in [3.63, 3.8) is 0 Å². The molecular weight excluding hydrogens is 340 g/mol. The fraction of sp³-hybridized carbons (Fsp3) is 0.368. The van der Waals surface area contributed by atoms with Crippen LogP contribution < -0.4 is 10.2 Å². The number of hydrogen-bond acceptors (Lipinski definition) is 5. The summed E-state index contributed by atoms with van der Waals surface area (Å²) in [5.74, 6) is 1.75. The average molecular weight is 364 g/mol. The zero-order valence-electron chi connectivity index (χ0n) is 15.5. The van der Waals surface area contributed by atoms with Crippen LogP contribution in [0.25, 0.3) is 11.0 Å². The van der Waals surface area contributed by atoms with Gasteiger partial charge in [-0.3, -0.25) is 4.99 Å². The van der Waals surface area contributed by atoms with E-state index in [1.54, 1.807) is 12.4 Å². The summed E-state index contributed by atoms with van der Waals surface area (Å²) in [6.45, 7) is 4.40. The van der Waals surface area contributed by atoms with Gasteiger partial charge in [-0.15, -0.1) is 0 Å². The van der Waals surface area contributed by atoms with Crippen molar-refractivity contribution in [3.05, 3.63) is 48.5 Å². The van der Waals surface area contributed by atoms with Crippen molar-refractivity contribution in [1.29, 1.82) is 0 Å². The molecule has 1 aliphatic heterocycles. The van der Waals surface area contributed by atoms with Gasteiger partial charge >= 0.3 is 0 Å². The number of pyridine rings is 1. The first kappa shape index (κ1) is 17.3. The number of piperazine rings is 1. The zero-order valence-corrected chi connectivity index (χ0v) is 15.5. The molecule has 0 bridgehead atoms. The van der Waals surface area contributed by atoms with E-state index in [0.717, 1.165) is 56.7 Å². The molecule has 0 saturated carbocycles. The van der Waals surface area contributed by atoms with E-state index >= 15 is 0 Å². The van der Waals surface area contributed by atoms with Gasteiger partial charge in [-0.05, 0) is 30.2 Å². The van der Waals surface area contributed by atoms with Crippen LogP contribution in [0, 0.1) is 0 Å². The Labute approximate surface area is 158 Å². The molecule has 0 unspecified atom stereocenters. The van der Waals surface area contributed by atoms with E-state index in [2.05, 4.69) is 46.1 Å². The minimum atomic E-state index is 0.799. The molecule has 1 fully saturated rings. The van der Waals surface area contributed by atoms with Crippen LogP contribution in [0.4, 0.5) is 5.95 Å². The first-order valence-corrected chi connectivity index (χ1v) is 9.23. The highest BCUT2D eigenvalue weighted by molar-refractivity contribution is 5.81. The van der Waals surface area contributed by atoms with Gasteiger partial charge in [0.05, 0.1) is 0 Å². The van der Waals surface area contributed by atoms with Crippen molar-refractivity contribution in [3.8, 4) is 0 Å². The van der Waals surface area contributed by atoms with Gasteiger partial charge in [0, 0.05) is 69.9 Å². The monoisotopic (exact) mass is 364 g/mol. The molecule has 1 aliphatic rings. The smallest absolute Gasteiger partial charge is 0.225 e. The number of rotatable bonds is 4. The lowest BCUT2D eigenvalue weighted by Gasteiger charge is -2.36. The minimum Gasteiger partial charge on any atom is -0.356 e. The number of aromatic amines is 1. The van der Waals surface area contributed by atoms with Crippen LogP contribution in [0.5, 0.6) is 0 Å². The number of fused-ring (bicyclic) bond motifs is 1. The number of aliphatic imine (C=N–C) groups is 1. The third kappa shape index (κ3) is 3.84. The summed E-state index contributed by atoms with van der Waals surface area (Å²) in [6.07, 6.45) is 8.34. The predicted molar refractivity (Wildman–Crippen MR) is 107 cm³/mol. The molecule has 4 heterocycles. The van der Waals surface area contributed by atoms with E-state index in [9.17, 15) is 0 Å². The molecule has 3 aromatic rings. The number of anilines is 1. The Morgan fingerprint density at radius 3 is 2.67 bits per heavy atom. The number of guanidine groups is 1. The van der Waals surface area contributed by atoms with Gasteiger partial charge in [-0.1, -0.05) is 0 Å². The molecule has 0 radical (unpaired) electrons. The van der Waals surface area contributed by atoms with Crippen LogP contribution in [0.2, 0.25) is 0 Å². The molecule has 0 atom stereocenters. The van der Waals surface area contributed by atoms with E-state index in [-0.39, 0.29) is 0 Å². The summed E-state index contributed by atoms with van der Waals surface area (Å²) >= 11 is 0. The lowest BCUT2D eigenvalue weighted by Crippen LogP contribution is -2.53. The molecule has 8 heteroatoms. The van der Waals surface area contributed by atoms with E-state index < -0.39 is 0 Å². The fourth-order valence-corrected chi connectivity index (χ4v) is 3.43. The Morgan fingerprint density at radius 2 is 1.89 bits per heavy atom. The molecule has 0 aromatic carbocycles. The number of aromatic nitrogens is 4. The van der Waals surface area contributed by atoms with Gasteiger partial charge in [0.2, 0.25) is 5.95 Å². The van der Waals surface area contributed by atoms with E-state index in [4.69, 9.17) is 0 Å². The second-order valence-electron chi connectivity index (χ2n) is 6.46. The normalized spacial score (nSPS) is 15.4. The molecule has 140 valence electrons. The topological polar surface area (TPSA) is 85.3 Å². The van der Waals surface area contributed by atoms with Crippen LogP contribution in [-0.4, -0.2) is 70.6 Å². The fourth-order valence-electron chi connectivity index (χ4n) is 3.43. The molecule has 3 aromatic heterocycles. The molecule has 2 N–H and O–H groups in total. The molecule has 27 heavy (non-hydrogen) atoms. The molecule has 0 aliphatic carbocycles. The third-order valence-corrected chi connectivity index (χ3v) is 4.84. The lowest BCUT2D eigenvalue weighted by atomic mass is 10.1. The molecule has 4 rings (SSSR count). The second kappa shape index (κ2) is 8.03. The third-order valence-electron chi connectivity index (χ3n) is 4.84. The van der Waals surface area contributed by atoms with Crippen LogP contribution in [-0.2, 0) is 6.42 Å². The number of hydrogen-bond donors (Lipinski definition) is 2. The first-order valence-electron chi connectivity index (χ1n) is 9.23. The maximum absolute atomic E-state index is 4.45. The van der Waals surface area contributed by atoms with Crippen LogP contribution in [0.1, 0.15) is 5.56 Å². The Bertz CT molecular complexity index is 896. The van der Waals surface area contributed by atoms with Crippen molar-refractivity contribution < 1.29 is 0 Å². The Balaban J connectivity index is 1.30. The quantitative estimate of drug-likeness (QED) is 0.536.